The first-order valence-corrected chi connectivity index (χ1v) is 1.02. The number of aliphatic hydroxyl groups excluding tert-OH is 1. The second kappa shape index (κ2) is 9.77. The normalized spacial score (nSPS) is 4.50. The number of aliphatic hydroxyl groups is 1. The Bertz CT molecular complexity index is 6.00. The summed E-state index contributed by atoms with van der Waals surface area (Å²) in [6, 6.07) is 0. The number of hydrogen-bond acceptors (Lipinski definition) is 1. The van der Waals surface area contributed by atoms with Gasteiger partial charge in [-0.2, -0.15) is 0 Å². The molecule has 29 valence electrons. The summed E-state index contributed by atoms with van der Waals surface area (Å²) in [5.74, 6) is 0. The average Bonchev–Trinajstić information content (AvgIpc) is 0.918. The van der Waals surface area contributed by atoms with E-state index in [4.69, 9.17) is 5.11 Å². The topological polar surface area (TPSA) is 20.2 Å². The van der Waals surface area contributed by atoms with Gasteiger partial charge >= 0.3 is 17.1 Å². The molecule has 4 heavy (non-hydrogen) atoms. The van der Waals surface area contributed by atoms with E-state index in [-0.39, 0.29) is 23.7 Å². The Balaban J connectivity index is 0. The Labute approximate surface area is 36.5 Å². The van der Waals surface area contributed by atoms with Crippen molar-refractivity contribution >= 4 is 0 Å². The maximum absolute atomic E-state index is 7.57. The molecule has 0 aliphatic rings. The van der Waals surface area contributed by atoms with Gasteiger partial charge in [-0.15, -0.1) is 0 Å². The fourth-order valence-corrected chi connectivity index (χ4v) is 0. The molecule has 0 aliphatic carbocycles. The Morgan fingerprint density at radius 3 is 1.75 bits per heavy atom. The van der Waals surface area contributed by atoms with Gasteiger partial charge in [0.25, 0.3) is 0 Å². The van der Waals surface area contributed by atoms with Crippen LogP contribution >= 0.6 is 0 Å². The zero-order chi connectivity index (χ0) is 2.71. The van der Waals surface area contributed by atoms with Crippen LogP contribution in [0.1, 0.15) is 6.92 Å². The molecule has 0 unspecified atom stereocenters. The maximum atomic E-state index is 7.57. The first-order valence-electron chi connectivity index (χ1n) is 1.02. The van der Waals surface area contributed by atoms with Gasteiger partial charge in [-0.25, -0.2) is 0 Å². The van der Waals surface area contributed by atoms with Gasteiger partial charge in [0.1, 0.15) is 0 Å². The second-order valence-electron chi connectivity index (χ2n) is 0.316. The van der Waals surface area contributed by atoms with E-state index in [1.165, 1.54) is 0 Å². The van der Waals surface area contributed by atoms with Gasteiger partial charge in [-0.1, -0.05) is 0 Å². The molecule has 0 fully saturated rings. The molecule has 0 aromatic heterocycles. The van der Waals surface area contributed by atoms with Crippen molar-refractivity contribution in [1.82, 2.24) is 0 Å². The fourth-order valence-electron chi connectivity index (χ4n) is 0. The molecule has 2 heteroatoms. The predicted molar refractivity (Wildman–Crippen MR) is 12.8 cm³/mol. The van der Waals surface area contributed by atoms with E-state index in [9.17, 15) is 0 Å². The third-order valence-corrected chi connectivity index (χ3v) is 0. The summed E-state index contributed by atoms with van der Waals surface area (Å²) in [4.78, 5) is 0. The van der Waals surface area contributed by atoms with E-state index >= 15 is 0 Å². The summed E-state index contributed by atoms with van der Waals surface area (Å²) in [5.41, 5.74) is 0. The summed E-state index contributed by atoms with van der Waals surface area (Å²) in [6.07, 6.45) is 0. The maximum Gasteiger partial charge on any atom is 2.00 e. The molecule has 1 radical (unpaired) electrons. The third kappa shape index (κ3) is 23.6. The number of hydrogen-bond donors (Lipinski definition) is 1. The van der Waals surface area contributed by atoms with Gasteiger partial charge < -0.3 is 5.11 Å². The van der Waals surface area contributed by atoms with Gasteiger partial charge in [-0.3, -0.25) is 0 Å². The molecule has 1 N–H and O–H groups in total. The van der Waals surface area contributed by atoms with Crippen LogP contribution in [0.15, 0.2) is 0 Å². The van der Waals surface area contributed by atoms with Crippen molar-refractivity contribution < 1.29 is 22.2 Å². The van der Waals surface area contributed by atoms with Crippen molar-refractivity contribution in [3.63, 3.8) is 0 Å². The predicted octanol–water partition coefficient (Wildman–Crippen LogP) is -0.00390. The van der Waals surface area contributed by atoms with Crippen LogP contribution < -0.4 is 0 Å². The molecule has 0 spiro atoms. The monoisotopic (exact) mass is 109 g/mol. The molecule has 1 nitrogen and oxygen atoms in total. The summed E-state index contributed by atoms with van der Waals surface area (Å²) < 4.78 is 0. The van der Waals surface area contributed by atoms with Crippen molar-refractivity contribution in [2.45, 2.75) is 6.92 Å². The van der Waals surface area contributed by atoms with Crippen molar-refractivity contribution in [3.05, 3.63) is 0 Å². The van der Waals surface area contributed by atoms with Crippen LogP contribution in [0.3, 0.4) is 0 Å². The molecule has 0 aromatic rings. The quantitative estimate of drug-likeness (QED) is 0.434. The van der Waals surface area contributed by atoms with E-state index in [0.29, 0.717) is 0 Å². The standard InChI is InChI=1S/C2H6O.Cu/c1-2-3;/h3H,2H2,1H3;/q;+2. The van der Waals surface area contributed by atoms with Gasteiger partial charge in [0, 0.05) is 6.61 Å². The van der Waals surface area contributed by atoms with Crippen LogP contribution in [0.5, 0.6) is 0 Å². The van der Waals surface area contributed by atoms with Crippen LogP contribution in [-0.4, -0.2) is 11.7 Å². The molecule has 0 aliphatic heterocycles. The summed E-state index contributed by atoms with van der Waals surface area (Å²) in [5, 5.41) is 7.57. The first-order chi connectivity index (χ1) is 1.41. The van der Waals surface area contributed by atoms with E-state index in [1.54, 1.807) is 6.92 Å². The summed E-state index contributed by atoms with van der Waals surface area (Å²) >= 11 is 0. The van der Waals surface area contributed by atoms with Crippen molar-refractivity contribution in [1.29, 1.82) is 0 Å². The van der Waals surface area contributed by atoms with Gasteiger partial charge in [0.2, 0.25) is 0 Å². The Kier molecular flexibility index (Phi) is 21.6. The van der Waals surface area contributed by atoms with Crippen LogP contribution in [-0.2, 0) is 17.1 Å². The van der Waals surface area contributed by atoms with Crippen molar-refractivity contribution in [2.75, 3.05) is 6.61 Å². The Morgan fingerprint density at radius 2 is 1.75 bits per heavy atom. The molecular weight excluding hydrogens is 104 g/mol. The first kappa shape index (κ1) is 8.82. The second-order valence-corrected chi connectivity index (χ2v) is 0.316. The van der Waals surface area contributed by atoms with E-state index in [0.717, 1.165) is 0 Å². The van der Waals surface area contributed by atoms with Crippen LogP contribution in [0, 0.1) is 0 Å². The van der Waals surface area contributed by atoms with E-state index in [1.807, 2.05) is 0 Å². The molecule has 0 saturated heterocycles. The molecule has 0 heterocycles. The smallest absolute Gasteiger partial charge is 0.397 e. The molecule has 0 rings (SSSR count). The fraction of sp³-hybridized carbons (Fsp3) is 1.00. The average molecular weight is 110 g/mol. The molecular formula is C2H6CuO+2. The van der Waals surface area contributed by atoms with Gasteiger partial charge in [0.05, 0.1) is 0 Å². The molecule has 0 saturated carbocycles. The van der Waals surface area contributed by atoms with Crippen molar-refractivity contribution in [3.8, 4) is 0 Å². The van der Waals surface area contributed by atoms with Crippen molar-refractivity contribution in [2.24, 2.45) is 0 Å². The minimum Gasteiger partial charge on any atom is -0.397 e. The zero-order valence-electron chi connectivity index (χ0n) is 2.46. The van der Waals surface area contributed by atoms with Crippen LogP contribution in [0.4, 0.5) is 0 Å². The SMILES string of the molecule is CCO.[Cu+2]. The van der Waals surface area contributed by atoms with E-state index in [2.05, 4.69) is 0 Å². The van der Waals surface area contributed by atoms with Crippen LogP contribution in [0.25, 0.3) is 0 Å². The zero-order valence-corrected chi connectivity index (χ0v) is 3.40. The molecule has 0 aromatic carbocycles. The summed E-state index contributed by atoms with van der Waals surface area (Å²) in [7, 11) is 0. The van der Waals surface area contributed by atoms with Gasteiger partial charge in [0.15, 0.2) is 0 Å². The Morgan fingerprint density at radius 1 is 1.75 bits per heavy atom. The molecule has 0 atom stereocenters. The minimum absolute atomic E-state index is 0. The van der Waals surface area contributed by atoms with E-state index < -0.39 is 0 Å². The largest absolute Gasteiger partial charge is 2.00 e. The van der Waals surface area contributed by atoms with Gasteiger partial charge in [-0.05, 0) is 6.92 Å². The molecule has 0 bridgehead atoms. The Hall–Kier alpha value is 0.479. The minimum atomic E-state index is 0. The third-order valence-electron chi connectivity index (χ3n) is 0. The van der Waals surface area contributed by atoms with Crippen LogP contribution in [0.2, 0.25) is 0 Å². The number of rotatable bonds is 0. The summed E-state index contributed by atoms with van der Waals surface area (Å²) in [6.45, 7) is 1.93. The molecule has 0 amide bonds.